The van der Waals surface area contributed by atoms with Crippen molar-refractivity contribution in [3.8, 4) is 0 Å². The fraction of sp³-hybridized carbons (Fsp3) is 0.684. The van der Waals surface area contributed by atoms with Gasteiger partial charge in [-0.15, -0.1) is 0 Å². The molecular weight excluding hydrogens is 394 g/mol. The van der Waals surface area contributed by atoms with Crippen LogP contribution < -0.4 is 5.73 Å². The predicted molar refractivity (Wildman–Crippen MR) is 112 cm³/mol. The van der Waals surface area contributed by atoms with Crippen LogP contribution in [0.1, 0.15) is 43.0 Å². The standard InChI is InChI=1S/C19H31N5O4S/c1-13-14(2)21-18(20)16-17(13)24(19(22-16)15(3)27-4)9-11-28-10-5-7-23-8-6-12-29(23,25)26/h15H,5-12H2,1-4H3,(H2,20,21). The third-order valence-corrected chi connectivity index (χ3v) is 7.46. The second kappa shape index (κ2) is 8.95. The molecule has 2 aromatic rings. The summed E-state index contributed by atoms with van der Waals surface area (Å²) in [6.45, 7) is 8.63. The molecule has 1 aliphatic heterocycles. The highest BCUT2D eigenvalue weighted by Gasteiger charge is 2.27. The van der Waals surface area contributed by atoms with E-state index in [2.05, 4.69) is 14.5 Å². The summed E-state index contributed by atoms with van der Waals surface area (Å²) < 4.78 is 38.6. The van der Waals surface area contributed by atoms with Crippen LogP contribution in [0, 0.1) is 13.8 Å². The van der Waals surface area contributed by atoms with E-state index in [0.29, 0.717) is 57.0 Å². The van der Waals surface area contributed by atoms with Crippen LogP contribution in [0.5, 0.6) is 0 Å². The van der Waals surface area contributed by atoms with Crippen molar-refractivity contribution in [1.82, 2.24) is 18.8 Å². The summed E-state index contributed by atoms with van der Waals surface area (Å²) in [7, 11) is -1.39. The summed E-state index contributed by atoms with van der Waals surface area (Å²) in [6, 6.07) is 0. The van der Waals surface area contributed by atoms with Gasteiger partial charge in [-0.3, -0.25) is 0 Å². The zero-order chi connectivity index (χ0) is 21.2. The molecule has 29 heavy (non-hydrogen) atoms. The number of fused-ring (bicyclic) bond motifs is 1. The fourth-order valence-electron chi connectivity index (χ4n) is 3.70. The molecule has 1 atom stereocenters. The molecule has 3 heterocycles. The SMILES string of the molecule is COC(C)c1nc2c(N)nc(C)c(C)c2n1CCOCCCN1CCCS1(=O)=O. The van der Waals surface area contributed by atoms with Crippen molar-refractivity contribution in [2.75, 3.05) is 44.9 Å². The van der Waals surface area contributed by atoms with Crippen LogP contribution in [0.15, 0.2) is 0 Å². The number of ether oxygens (including phenoxy) is 2. The Hall–Kier alpha value is -1.75. The molecule has 1 aliphatic rings. The Morgan fingerprint density at radius 3 is 2.62 bits per heavy atom. The molecule has 0 radical (unpaired) electrons. The summed E-state index contributed by atoms with van der Waals surface area (Å²) in [5, 5.41) is 0. The van der Waals surface area contributed by atoms with Crippen molar-refractivity contribution >= 4 is 26.9 Å². The Morgan fingerprint density at radius 2 is 1.97 bits per heavy atom. The first-order chi connectivity index (χ1) is 13.8. The molecule has 0 aromatic carbocycles. The van der Waals surface area contributed by atoms with E-state index in [1.54, 1.807) is 11.4 Å². The minimum absolute atomic E-state index is 0.193. The molecule has 1 unspecified atom stereocenters. The predicted octanol–water partition coefficient (Wildman–Crippen LogP) is 1.78. The van der Waals surface area contributed by atoms with Gasteiger partial charge in [0.05, 0.1) is 17.9 Å². The van der Waals surface area contributed by atoms with Crippen LogP contribution in [0.3, 0.4) is 0 Å². The fourth-order valence-corrected chi connectivity index (χ4v) is 5.27. The van der Waals surface area contributed by atoms with Gasteiger partial charge in [-0.1, -0.05) is 0 Å². The van der Waals surface area contributed by atoms with Gasteiger partial charge >= 0.3 is 0 Å². The second-order valence-electron chi connectivity index (χ2n) is 7.44. The smallest absolute Gasteiger partial charge is 0.214 e. The number of anilines is 1. The maximum atomic E-state index is 11.8. The molecule has 1 fully saturated rings. The van der Waals surface area contributed by atoms with Crippen LogP contribution in [0.2, 0.25) is 0 Å². The first-order valence-electron chi connectivity index (χ1n) is 9.97. The van der Waals surface area contributed by atoms with Gasteiger partial charge in [0.25, 0.3) is 0 Å². The molecule has 10 heteroatoms. The highest BCUT2D eigenvalue weighted by Crippen LogP contribution is 2.29. The number of aromatic nitrogens is 3. The Bertz CT molecular complexity index is 973. The van der Waals surface area contributed by atoms with Crippen molar-refractivity contribution in [2.24, 2.45) is 0 Å². The highest BCUT2D eigenvalue weighted by molar-refractivity contribution is 7.89. The average molecular weight is 426 g/mol. The lowest BCUT2D eigenvalue weighted by Gasteiger charge is -2.16. The van der Waals surface area contributed by atoms with E-state index in [9.17, 15) is 8.42 Å². The number of nitrogens with zero attached hydrogens (tertiary/aromatic N) is 4. The number of aryl methyl sites for hydroxylation is 2. The van der Waals surface area contributed by atoms with Crippen LogP contribution >= 0.6 is 0 Å². The van der Waals surface area contributed by atoms with Gasteiger partial charge in [-0.25, -0.2) is 22.7 Å². The molecule has 0 amide bonds. The topological polar surface area (TPSA) is 113 Å². The number of imidazole rings is 1. The number of sulfonamides is 1. The Morgan fingerprint density at radius 1 is 1.21 bits per heavy atom. The molecule has 2 N–H and O–H groups in total. The van der Waals surface area contributed by atoms with E-state index in [-0.39, 0.29) is 11.9 Å². The third kappa shape index (κ3) is 4.55. The van der Waals surface area contributed by atoms with Gasteiger partial charge < -0.3 is 19.8 Å². The maximum absolute atomic E-state index is 11.8. The van der Waals surface area contributed by atoms with Gasteiger partial charge in [0.1, 0.15) is 17.4 Å². The Labute approximate surface area is 172 Å². The van der Waals surface area contributed by atoms with Gasteiger partial charge in [0.2, 0.25) is 10.0 Å². The maximum Gasteiger partial charge on any atom is 0.214 e. The lowest BCUT2D eigenvalue weighted by atomic mass is 10.2. The molecule has 1 saturated heterocycles. The van der Waals surface area contributed by atoms with Crippen molar-refractivity contribution in [3.63, 3.8) is 0 Å². The first kappa shape index (κ1) is 21.9. The highest BCUT2D eigenvalue weighted by atomic mass is 32.2. The van der Waals surface area contributed by atoms with Crippen molar-refractivity contribution in [2.45, 2.75) is 46.3 Å². The monoisotopic (exact) mass is 425 g/mol. The number of nitrogens with two attached hydrogens (primary N) is 1. The van der Waals surface area contributed by atoms with Gasteiger partial charge in [0.15, 0.2) is 5.82 Å². The van der Waals surface area contributed by atoms with E-state index in [0.717, 1.165) is 22.6 Å². The molecule has 0 spiro atoms. The Kier molecular flexibility index (Phi) is 6.77. The number of hydrogen-bond acceptors (Lipinski definition) is 7. The number of nitrogen functional groups attached to an aromatic ring is 1. The summed E-state index contributed by atoms with van der Waals surface area (Å²) in [5.74, 6) is 1.47. The van der Waals surface area contributed by atoms with E-state index >= 15 is 0 Å². The minimum atomic E-state index is -3.04. The molecular formula is C19H31N5O4S. The summed E-state index contributed by atoms with van der Waals surface area (Å²) in [5.41, 5.74) is 9.67. The lowest BCUT2D eigenvalue weighted by molar-refractivity contribution is 0.0996. The molecule has 0 aliphatic carbocycles. The lowest BCUT2D eigenvalue weighted by Crippen LogP contribution is -2.27. The minimum Gasteiger partial charge on any atom is -0.382 e. The summed E-state index contributed by atoms with van der Waals surface area (Å²) in [4.78, 5) is 9.08. The third-order valence-electron chi connectivity index (χ3n) is 5.50. The van der Waals surface area contributed by atoms with Gasteiger partial charge in [0, 0.05) is 39.0 Å². The number of pyridine rings is 1. The van der Waals surface area contributed by atoms with E-state index in [1.807, 2.05) is 20.8 Å². The molecule has 2 aromatic heterocycles. The molecule has 3 rings (SSSR count). The van der Waals surface area contributed by atoms with Crippen LogP contribution in [-0.2, 0) is 26.0 Å². The quantitative estimate of drug-likeness (QED) is 0.609. The average Bonchev–Trinajstić information content (AvgIpc) is 3.22. The van der Waals surface area contributed by atoms with E-state index in [4.69, 9.17) is 15.2 Å². The summed E-state index contributed by atoms with van der Waals surface area (Å²) >= 11 is 0. The Balaban J connectivity index is 1.66. The second-order valence-corrected chi connectivity index (χ2v) is 9.53. The summed E-state index contributed by atoms with van der Waals surface area (Å²) in [6.07, 6.45) is 1.20. The molecule has 162 valence electrons. The van der Waals surface area contributed by atoms with E-state index < -0.39 is 10.0 Å². The largest absolute Gasteiger partial charge is 0.382 e. The van der Waals surface area contributed by atoms with Gasteiger partial charge in [-0.2, -0.15) is 0 Å². The number of methoxy groups -OCH3 is 1. The van der Waals surface area contributed by atoms with E-state index in [1.165, 1.54) is 0 Å². The molecule has 9 nitrogen and oxygen atoms in total. The van der Waals surface area contributed by atoms with Crippen molar-refractivity contribution in [3.05, 3.63) is 17.1 Å². The van der Waals surface area contributed by atoms with Crippen LogP contribution in [-0.4, -0.2) is 66.4 Å². The molecule has 0 saturated carbocycles. The normalized spacial score (nSPS) is 17.9. The number of rotatable bonds is 9. The zero-order valence-electron chi connectivity index (χ0n) is 17.6. The number of hydrogen-bond donors (Lipinski definition) is 1. The van der Waals surface area contributed by atoms with Crippen LogP contribution in [0.4, 0.5) is 5.82 Å². The van der Waals surface area contributed by atoms with Gasteiger partial charge in [-0.05, 0) is 39.2 Å². The molecule has 0 bridgehead atoms. The van der Waals surface area contributed by atoms with Crippen molar-refractivity contribution in [1.29, 1.82) is 0 Å². The van der Waals surface area contributed by atoms with Crippen molar-refractivity contribution < 1.29 is 17.9 Å². The van der Waals surface area contributed by atoms with Crippen LogP contribution in [0.25, 0.3) is 11.0 Å². The zero-order valence-corrected chi connectivity index (χ0v) is 18.5. The first-order valence-corrected chi connectivity index (χ1v) is 11.6.